The van der Waals surface area contributed by atoms with E-state index in [-0.39, 0.29) is 11.8 Å². The molecule has 0 saturated carbocycles. The lowest BCUT2D eigenvalue weighted by Crippen LogP contribution is -2.36. The van der Waals surface area contributed by atoms with E-state index in [4.69, 9.17) is 34.4 Å². The van der Waals surface area contributed by atoms with Crippen LogP contribution in [0.5, 0.6) is 5.75 Å². The first-order valence-corrected chi connectivity index (χ1v) is 12.3. The van der Waals surface area contributed by atoms with Crippen molar-refractivity contribution in [2.24, 2.45) is 5.92 Å². The highest BCUT2D eigenvalue weighted by Crippen LogP contribution is 2.19. The highest BCUT2D eigenvalue weighted by molar-refractivity contribution is 5.92. The molecule has 0 bridgehead atoms. The standard InChI is InChI=1S/C19H19N5O2.3C2HF3O2/c25-19(18-5-1-2-8-21-18)23-11-15(12-24-16(13-23)6-9-22-24)14-26-17-4-3-7-20-10-17;3*3-2(4,5)1(6)7/h1-10,15H,11-14H2;3*(H,6,7). The van der Waals surface area contributed by atoms with Crippen molar-refractivity contribution in [2.75, 3.05) is 13.2 Å². The Bertz CT molecular complexity index is 1390. The maximum Gasteiger partial charge on any atom is 0.490 e. The van der Waals surface area contributed by atoms with Crippen LogP contribution in [0.25, 0.3) is 0 Å². The van der Waals surface area contributed by atoms with E-state index >= 15 is 0 Å². The number of hydrogen-bond donors (Lipinski definition) is 3. The lowest BCUT2D eigenvalue weighted by Gasteiger charge is -2.24. The molecule has 1 unspecified atom stereocenters. The average molecular weight is 691 g/mol. The van der Waals surface area contributed by atoms with Crippen molar-refractivity contribution in [3.8, 4) is 5.75 Å². The normalized spacial score (nSPS) is 14.2. The topological polar surface area (TPSA) is 185 Å². The second kappa shape index (κ2) is 17.3. The van der Waals surface area contributed by atoms with Gasteiger partial charge in [-0.3, -0.25) is 19.4 Å². The zero-order valence-electron chi connectivity index (χ0n) is 23.2. The fraction of sp³-hybridized carbons (Fsp3) is 0.320. The molecule has 22 heteroatoms. The predicted octanol–water partition coefficient (Wildman–Crippen LogP) is 3.92. The molecule has 47 heavy (non-hydrogen) atoms. The van der Waals surface area contributed by atoms with Gasteiger partial charge < -0.3 is 25.0 Å². The van der Waals surface area contributed by atoms with Gasteiger partial charge in [0.1, 0.15) is 11.4 Å². The first-order valence-electron chi connectivity index (χ1n) is 12.3. The molecule has 1 amide bonds. The number of carbonyl (C=O) groups excluding carboxylic acids is 1. The molecule has 1 atom stereocenters. The third kappa shape index (κ3) is 14.9. The van der Waals surface area contributed by atoms with E-state index in [9.17, 15) is 44.3 Å². The van der Waals surface area contributed by atoms with E-state index < -0.39 is 36.4 Å². The van der Waals surface area contributed by atoms with Crippen molar-refractivity contribution in [3.63, 3.8) is 0 Å². The number of carboxylic acids is 3. The van der Waals surface area contributed by atoms with Crippen molar-refractivity contribution >= 4 is 23.8 Å². The second-order valence-corrected chi connectivity index (χ2v) is 8.68. The summed E-state index contributed by atoms with van der Waals surface area (Å²) in [6.07, 6.45) is -8.45. The van der Waals surface area contributed by atoms with Crippen molar-refractivity contribution in [1.82, 2.24) is 24.6 Å². The Balaban J connectivity index is 0.000000430. The molecule has 0 aromatic carbocycles. The van der Waals surface area contributed by atoms with E-state index in [1.54, 1.807) is 36.9 Å². The Hall–Kier alpha value is -5.44. The molecule has 4 heterocycles. The van der Waals surface area contributed by atoms with Gasteiger partial charge in [0.05, 0.1) is 25.0 Å². The average Bonchev–Trinajstić information content (AvgIpc) is 3.33. The zero-order chi connectivity index (χ0) is 36.0. The summed E-state index contributed by atoms with van der Waals surface area (Å²) in [4.78, 5) is 49.6. The summed E-state index contributed by atoms with van der Waals surface area (Å²) in [5.41, 5.74) is 1.46. The number of aliphatic carboxylic acids is 3. The Morgan fingerprint density at radius 1 is 0.766 bits per heavy atom. The number of carbonyl (C=O) groups is 4. The minimum absolute atomic E-state index is 0.0772. The van der Waals surface area contributed by atoms with Gasteiger partial charge in [0, 0.05) is 37.6 Å². The minimum atomic E-state index is -5.08. The van der Waals surface area contributed by atoms with Gasteiger partial charge in [-0.2, -0.15) is 44.6 Å². The molecule has 4 rings (SSSR count). The summed E-state index contributed by atoms with van der Waals surface area (Å²) >= 11 is 0. The SMILES string of the molecule is O=C(O)C(F)(F)F.O=C(O)C(F)(F)F.O=C(O)C(F)(F)F.O=C(c1ccccn1)N1Cc2ccnn2CC(COc2cccnc2)C1. The van der Waals surface area contributed by atoms with Crippen LogP contribution in [0.3, 0.4) is 0 Å². The van der Waals surface area contributed by atoms with E-state index in [1.165, 1.54) is 0 Å². The summed E-state index contributed by atoms with van der Waals surface area (Å²) in [5, 5.41) is 25.8. The number of nitrogens with zero attached hydrogens (tertiary/aromatic N) is 5. The quantitative estimate of drug-likeness (QED) is 0.337. The van der Waals surface area contributed by atoms with Crippen LogP contribution >= 0.6 is 0 Å². The fourth-order valence-electron chi connectivity index (χ4n) is 3.09. The number of aromatic nitrogens is 4. The van der Waals surface area contributed by atoms with Gasteiger partial charge in [0.25, 0.3) is 5.91 Å². The van der Waals surface area contributed by atoms with Gasteiger partial charge in [-0.25, -0.2) is 14.4 Å². The van der Waals surface area contributed by atoms with E-state index in [2.05, 4.69) is 15.1 Å². The lowest BCUT2D eigenvalue weighted by molar-refractivity contribution is -0.193. The van der Waals surface area contributed by atoms with Crippen LogP contribution in [0, 0.1) is 5.92 Å². The number of carboxylic acid groups (broad SMARTS) is 3. The van der Waals surface area contributed by atoms with Crippen LogP contribution in [0.2, 0.25) is 0 Å². The summed E-state index contributed by atoms with van der Waals surface area (Å²) in [6.45, 7) is 2.28. The Morgan fingerprint density at radius 2 is 1.32 bits per heavy atom. The van der Waals surface area contributed by atoms with Gasteiger partial charge in [-0.15, -0.1) is 0 Å². The first kappa shape index (κ1) is 39.6. The molecule has 1 aliphatic heterocycles. The number of pyridine rings is 2. The molecule has 258 valence electrons. The van der Waals surface area contributed by atoms with Gasteiger partial charge in [0.15, 0.2) is 0 Å². The van der Waals surface area contributed by atoms with E-state index in [0.29, 0.717) is 31.9 Å². The summed E-state index contributed by atoms with van der Waals surface area (Å²) in [7, 11) is 0. The highest BCUT2D eigenvalue weighted by atomic mass is 19.4. The van der Waals surface area contributed by atoms with Gasteiger partial charge in [-0.05, 0) is 30.3 Å². The molecule has 0 saturated heterocycles. The molecule has 0 spiro atoms. The van der Waals surface area contributed by atoms with Gasteiger partial charge in [-0.1, -0.05) is 6.07 Å². The monoisotopic (exact) mass is 691 g/mol. The molecule has 13 nitrogen and oxygen atoms in total. The Morgan fingerprint density at radius 3 is 1.77 bits per heavy atom. The summed E-state index contributed by atoms with van der Waals surface area (Å²) in [6, 6.07) is 11.0. The third-order valence-corrected chi connectivity index (χ3v) is 5.09. The first-order chi connectivity index (χ1) is 21.6. The molecule has 0 radical (unpaired) electrons. The molecule has 3 N–H and O–H groups in total. The molecule has 0 fully saturated rings. The lowest BCUT2D eigenvalue weighted by atomic mass is 10.1. The van der Waals surface area contributed by atoms with Crippen molar-refractivity contribution < 1.29 is 78.7 Å². The fourth-order valence-corrected chi connectivity index (χ4v) is 3.09. The number of ether oxygens (including phenoxy) is 1. The van der Waals surface area contributed by atoms with Crippen molar-refractivity contribution in [1.29, 1.82) is 0 Å². The smallest absolute Gasteiger partial charge is 0.490 e. The zero-order valence-corrected chi connectivity index (χ0v) is 23.2. The maximum atomic E-state index is 12.9. The van der Waals surface area contributed by atoms with E-state index in [1.807, 2.05) is 33.8 Å². The van der Waals surface area contributed by atoms with E-state index in [0.717, 1.165) is 11.4 Å². The van der Waals surface area contributed by atoms with Gasteiger partial charge in [0.2, 0.25) is 0 Å². The molecule has 1 aliphatic rings. The number of fused-ring (bicyclic) bond motifs is 1. The second-order valence-electron chi connectivity index (χ2n) is 8.68. The number of alkyl halides is 9. The van der Waals surface area contributed by atoms with Crippen LogP contribution in [-0.4, -0.2) is 95.5 Å². The highest BCUT2D eigenvalue weighted by Gasteiger charge is 2.39. The Kier molecular flexibility index (Phi) is 14.6. The summed E-state index contributed by atoms with van der Waals surface area (Å²) < 4.78 is 103. The van der Waals surface area contributed by atoms with Crippen LogP contribution in [0.1, 0.15) is 16.2 Å². The molecular formula is C25H22F9N5O8. The largest absolute Gasteiger partial charge is 0.492 e. The van der Waals surface area contributed by atoms with Crippen LogP contribution in [-0.2, 0) is 27.5 Å². The maximum absolute atomic E-state index is 12.9. The number of hydrogen-bond acceptors (Lipinski definition) is 8. The van der Waals surface area contributed by atoms with Crippen LogP contribution in [0.15, 0.2) is 61.2 Å². The van der Waals surface area contributed by atoms with Crippen molar-refractivity contribution in [3.05, 3.63) is 72.6 Å². The number of rotatable bonds is 4. The molecular weight excluding hydrogens is 669 g/mol. The Labute approximate surface area is 256 Å². The van der Waals surface area contributed by atoms with Crippen molar-refractivity contribution in [2.45, 2.75) is 31.6 Å². The molecule has 3 aromatic heterocycles. The number of amides is 1. The molecule has 3 aromatic rings. The number of halogens is 9. The minimum Gasteiger partial charge on any atom is -0.492 e. The van der Waals surface area contributed by atoms with Crippen LogP contribution in [0.4, 0.5) is 39.5 Å². The van der Waals surface area contributed by atoms with Crippen LogP contribution < -0.4 is 4.74 Å². The predicted molar refractivity (Wildman–Crippen MR) is 135 cm³/mol. The third-order valence-electron chi connectivity index (χ3n) is 5.09. The van der Waals surface area contributed by atoms with Gasteiger partial charge >= 0.3 is 36.4 Å². The molecule has 0 aliphatic carbocycles. The summed E-state index contributed by atoms with van der Waals surface area (Å²) in [5.74, 6) is -7.51.